The van der Waals surface area contributed by atoms with E-state index < -0.39 is 5.09 Å². The van der Waals surface area contributed by atoms with Crippen molar-refractivity contribution in [1.29, 1.82) is 0 Å². The molecule has 0 saturated heterocycles. The second-order valence-electron chi connectivity index (χ2n) is 1.59. The van der Waals surface area contributed by atoms with Crippen molar-refractivity contribution in [3.8, 4) is 0 Å². The first-order valence-corrected chi connectivity index (χ1v) is 2.98. The SMILES string of the molecule is CCCCC.O=[N+]([O-])O. The summed E-state index contributed by atoms with van der Waals surface area (Å²) in [5.41, 5.74) is 0. The van der Waals surface area contributed by atoms with Gasteiger partial charge in [-0.3, -0.25) is 0 Å². The fourth-order valence-electron chi connectivity index (χ4n) is 0.354. The Labute approximate surface area is 54.6 Å². The Balaban J connectivity index is 0. The molecule has 0 aliphatic rings. The van der Waals surface area contributed by atoms with Gasteiger partial charge < -0.3 is 5.21 Å². The fourth-order valence-corrected chi connectivity index (χ4v) is 0.354. The number of unbranched alkanes of at least 4 members (excludes halogenated alkanes) is 2. The lowest BCUT2D eigenvalue weighted by Gasteiger charge is -1.79. The molecule has 0 saturated carbocycles. The molecule has 0 spiro atoms. The van der Waals surface area contributed by atoms with E-state index in [1.54, 1.807) is 0 Å². The summed E-state index contributed by atoms with van der Waals surface area (Å²) in [6.45, 7) is 4.42. The van der Waals surface area contributed by atoms with E-state index in [0.717, 1.165) is 0 Å². The summed E-state index contributed by atoms with van der Waals surface area (Å²) in [7, 11) is 0. The highest BCUT2D eigenvalue weighted by Gasteiger charge is 1.68. The third-order valence-corrected chi connectivity index (χ3v) is 0.707. The lowest BCUT2D eigenvalue weighted by Crippen LogP contribution is -1.81. The second-order valence-corrected chi connectivity index (χ2v) is 1.59. The van der Waals surface area contributed by atoms with Crippen LogP contribution in [0.15, 0.2) is 0 Å². The summed E-state index contributed by atoms with van der Waals surface area (Å²) < 4.78 is 0. The van der Waals surface area contributed by atoms with Crippen LogP contribution in [0.25, 0.3) is 0 Å². The Bertz CT molecular complexity index is 59.2. The molecule has 4 nitrogen and oxygen atoms in total. The first kappa shape index (κ1) is 11.1. The van der Waals surface area contributed by atoms with Gasteiger partial charge in [0.2, 0.25) is 0 Å². The van der Waals surface area contributed by atoms with Gasteiger partial charge >= 0.3 is 0 Å². The standard InChI is InChI=1S/C5H12.HNO3/c1-3-5-4-2;2-1(3)4/h3-5H2,1-2H3;(H,2,3,4). The normalized spacial score (nSPS) is 7.33. The molecule has 0 bridgehead atoms. The van der Waals surface area contributed by atoms with E-state index in [2.05, 4.69) is 13.8 Å². The molecule has 0 amide bonds. The molecular formula is C5H13NO3. The minimum Gasteiger partial charge on any atom is -0.328 e. The molecule has 0 aliphatic heterocycles. The van der Waals surface area contributed by atoms with Crippen LogP contribution in [0.1, 0.15) is 33.1 Å². The summed E-state index contributed by atoms with van der Waals surface area (Å²) in [5.74, 6) is 0. The summed E-state index contributed by atoms with van der Waals surface area (Å²) >= 11 is 0. The van der Waals surface area contributed by atoms with Gasteiger partial charge in [0.05, 0.1) is 0 Å². The predicted molar refractivity (Wildman–Crippen MR) is 34.0 cm³/mol. The van der Waals surface area contributed by atoms with Gasteiger partial charge in [0.15, 0.2) is 0 Å². The van der Waals surface area contributed by atoms with Gasteiger partial charge in [-0.1, -0.05) is 33.1 Å². The molecule has 4 heteroatoms. The van der Waals surface area contributed by atoms with Gasteiger partial charge in [0.25, 0.3) is 5.09 Å². The molecular weight excluding hydrogens is 122 g/mol. The van der Waals surface area contributed by atoms with Gasteiger partial charge in [0, 0.05) is 0 Å². The summed E-state index contributed by atoms with van der Waals surface area (Å²) in [6, 6.07) is 0. The van der Waals surface area contributed by atoms with Gasteiger partial charge in [-0.15, -0.1) is 10.1 Å². The van der Waals surface area contributed by atoms with E-state index in [4.69, 9.17) is 15.3 Å². The summed E-state index contributed by atoms with van der Waals surface area (Å²) in [5, 5.41) is 13.6. The quantitative estimate of drug-likeness (QED) is 0.464. The lowest BCUT2D eigenvalue weighted by atomic mass is 10.3. The fraction of sp³-hybridized carbons (Fsp3) is 1.00. The van der Waals surface area contributed by atoms with Gasteiger partial charge in [-0.25, -0.2) is 0 Å². The summed E-state index contributed by atoms with van der Waals surface area (Å²) in [4.78, 5) is 8.36. The van der Waals surface area contributed by atoms with Crippen molar-refractivity contribution in [3.63, 3.8) is 0 Å². The van der Waals surface area contributed by atoms with Crippen molar-refractivity contribution < 1.29 is 10.3 Å². The Kier molecular flexibility index (Phi) is 12.6. The van der Waals surface area contributed by atoms with Crippen LogP contribution in [0, 0.1) is 10.1 Å². The summed E-state index contributed by atoms with van der Waals surface area (Å²) in [6.07, 6.45) is 4.08. The van der Waals surface area contributed by atoms with Crippen molar-refractivity contribution in [2.45, 2.75) is 33.1 Å². The molecule has 0 aliphatic carbocycles. The maximum absolute atomic E-state index is 8.36. The van der Waals surface area contributed by atoms with Crippen molar-refractivity contribution in [2.75, 3.05) is 0 Å². The largest absolute Gasteiger partial charge is 0.328 e. The third-order valence-electron chi connectivity index (χ3n) is 0.707. The van der Waals surface area contributed by atoms with Crippen LogP contribution in [0.4, 0.5) is 0 Å². The van der Waals surface area contributed by atoms with E-state index in [-0.39, 0.29) is 0 Å². The van der Waals surface area contributed by atoms with Crippen LogP contribution >= 0.6 is 0 Å². The highest BCUT2D eigenvalue weighted by atomic mass is 16.9. The highest BCUT2D eigenvalue weighted by molar-refractivity contribution is 4.24. The number of rotatable bonds is 2. The van der Waals surface area contributed by atoms with Crippen molar-refractivity contribution in [3.05, 3.63) is 10.1 Å². The number of nitrogens with zero attached hydrogens (tertiary/aromatic N) is 1. The smallest absolute Gasteiger partial charge is 0.291 e. The molecule has 0 atom stereocenters. The minimum atomic E-state index is -1.50. The monoisotopic (exact) mass is 135 g/mol. The van der Waals surface area contributed by atoms with Crippen LogP contribution in [-0.2, 0) is 0 Å². The van der Waals surface area contributed by atoms with Crippen LogP contribution in [0.2, 0.25) is 0 Å². The van der Waals surface area contributed by atoms with Crippen LogP contribution in [-0.4, -0.2) is 10.3 Å². The topological polar surface area (TPSA) is 63.4 Å². The highest BCUT2D eigenvalue weighted by Crippen LogP contribution is 1.88. The van der Waals surface area contributed by atoms with Gasteiger partial charge in [-0.05, 0) is 0 Å². The zero-order valence-electron chi connectivity index (χ0n) is 5.83. The molecule has 0 heterocycles. The van der Waals surface area contributed by atoms with E-state index in [1.807, 2.05) is 0 Å². The second kappa shape index (κ2) is 10.2. The Morgan fingerprint density at radius 3 is 1.67 bits per heavy atom. The molecule has 0 rings (SSSR count). The average Bonchev–Trinajstić information content (AvgIpc) is 1.66. The van der Waals surface area contributed by atoms with Gasteiger partial charge in [0.1, 0.15) is 0 Å². The molecule has 56 valence electrons. The zero-order valence-corrected chi connectivity index (χ0v) is 5.83. The molecule has 9 heavy (non-hydrogen) atoms. The predicted octanol–water partition coefficient (Wildman–Crippen LogP) is 1.85. The third kappa shape index (κ3) is 135. The molecule has 0 radical (unpaired) electrons. The maximum atomic E-state index is 8.36. The number of hydrogen-bond acceptors (Lipinski definition) is 2. The number of hydrogen-bond donors (Lipinski definition) is 1. The molecule has 0 aromatic heterocycles. The first-order chi connectivity index (χ1) is 4.15. The van der Waals surface area contributed by atoms with E-state index in [0.29, 0.717) is 0 Å². The minimum absolute atomic E-state index is 1.34. The molecule has 0 fully saturated rings. The zero-order chi connectivity index (χ0) is 7.70. The van der Waals surface area contributed by atoms with Gasteiger partial charge in [-0.2, -0.15) is 0 Å². The molecule has 1 N–H and O–H groups in total. The first-order valence-electron chi connectivity index (χ1n) is 2.98. The Morgan fingerprint density at radius 2 is 1.67 bits per heavy atom. The molecule has 0 aromatic rings. The maximum Gasteiger partial charge on any atom is 0.291 e. The van der Waals surface area contributed by atoms with Crippen molar-refractivity contribution >= 4 is 0 Å². The van der Waals surface area contributed by atoms with Crippen molar-refractivity contribution in [1.82, 2.24) is 0 Å². The van der Waals surface area contributed by atoms with Crippen LogP contribution in [0.5, 0.6) is 0 Å². The van der Waals surface area contributed by atoms with E-state index >= 15 is 0 Å². The van der Waals surface area contributed by atoms with Crippen LogP contribution < -0.4 is 0 Å². The van der Waals surface area contributed by atoms with Crippen molar-refractivity contribution in [2.24, 2.45) is 0 Å². The lowest BCUT2D eigenvalue weighted by molar-refractivity contribution is -0.742. The average molecular weight is 135 g/mol. The molecule has 0 unspecified atom stereocenters. The van der Waals surface area contributed by atoms with Crippen LogP contribution in [0.3, 0.4) is 0 Å². The Morgan fingerprint density at radius 1 is 1.44 bits per heavy atom. The molecule has 0 aromatic carbocycles. The van der Waals surface area contributed by atoms with E-state index in [1.165, 1.54) is 19.3 Å². The van der Waals surface area contributed by atoms with E-state index in [9.17, 15) is 0 Å². The Hall–Kier alpha value is -0.800.